The van der Waals surface area contributed by atoms with E-state index in [2.05, 4.69) is 5.10 Å². The summed E-state index contributed by atoms with van der Waals surface area (Å²) in [5.74, 6) is -0.599. The minimum atomic E-state index is -3.28. The molecule has 138 valence electrons. The molecular formula is C21H20N2O3S. The molecule has 1 saturated heterocycles. The third kappa shape index (κ3) is 3.45. The fourth-order valence-corrected chi connectivity index (χ4v) is 5.55. The number of carbonyl (C=O) groups excluding carboxylic acids is 1. The molecule has 0 aliphatic carbocycles. The van der Waals surface area contributed by atoms with Gasteiger partial charge in [-0.2, -0.15) is 5.10 Å². The first-order chi connectivity index (χ1) is 12.9. The normalized spacial score (nSPS) is 25.1. The Morgan fingerprint density at radius 3 is 2.33 bits per heavy atom. The van der Waals surface area contributed by atoms with Crippen molar-refractivity contribution in [3.63, 3.8) is 0 Å². The maximum atomic E-state index is 12.6. The molecule has 1 amide bonds. The Hall–Kier alpha value is -2.73. The van der Waals surface area contributed by atoms with Crippen LogP contribution in [0.4, 0.5) is 0 Å². The highest BCUT2D eigenvalue weighted by molar-refractivity contribution is 7.91. The molecule has 2 unspecified atom stereocenters. The largest absolute Gasteiger partial charge is 0.273 e. The van der Waals surface area contributed by atoms with Crippen molar-refractivity contribution >= 4 is 27.5 Å². The average Bonchev–Trinajstić information content (AvgIpc) is 3.02. The zero-order chi connectivity index (χ0) is 19.0. The number of benzene rings is 2. The maximum absolute atomic E-state index is 12.6. The monoisotopic (exact) mass is 380 g/mol. The third-order valence-electron chi connectivity index (χ3n) is 4.95. The van der Waals surface area contributed by atoms with Crippen LogP contribution in [0.5, 0.6) is 0 Å². The Bertz CT molecular complexity index is 1030. The molecule has 2 aliphatic heterocycles. The molecule has 0 aromatic heterocycles. The van der Waals surface area contributed by atoms with E-state index >= 15 is 0 Å². The van der Waals surface area contributed by atoms with Crippen LogP contribution in [-0.2, 0) is 14.6 Å². The summed E-state index contributed by atoms with van der Waals surface area (Å²) in [5.41, 5.74) is 3.19. The number of nitrogens with zero attached hydrogens (tertiary/aromatic N) is 2. The summed E-state index contributed by atoms with van der Waals surface area (Å²) >= 11 is 0. The van der Waals surface area contributed by atoms with Crippen molar-refractivity contribution in [2.45, 2.75) is 13.0 Å². The highest BCUT2D eigenvalue weighted by Gasteiger charge is 2.46. The highest BCUT2D eigenvalue weighted by atomic mass is 32.2. The van der Waals surface area contributed by atoms with Gasteiger partial charge in [0.15, 0.2) is 9.84 Å². The second-order valence-electron chi connectivity index (χ2n) is 6.95. The van der Waals surface area contributed by atoms with Gasteiger partial charge in [-0.25, -0.2) is 13.4 Å². The minimum Gasteiger partial charge on any atom is -0.273 e. The third-order valence-corrected chi connectivity index (χ3v) is 6.57. The Labute approximate surface area is 158 Å². The van der Waals surface area contributed by atoms with Crippen LogP contribution in [0.25, 0.3) is 6.08 Å². The second-order valence-corrected chi connectivity index (χ2v) is 9.05. The van der Waals surface area contributed by atoms with Crippen LogP contribution in [0.15, 0.2) is 71.3 Å². The van der Waals surface area contributed by atoms with E-state index in [0.29, 0.717) is 11.3 Å². The molecule has 2 aliphatic rings. The lowest BCUT2D eigenvalue weighted by atomic mass is 9.87. The van der Waals surface area contributed by atoms with E-state index in [4.69, 9.17) is 0 Å². The van der Waals surface area contributed by atoms with Gasteiger partial charge in [-0.15, -0.1) is 0 Å². The van der Waals surface area contributed by atoms with Crippen LogP contribution in [0.2, 0.25) is 0 Å². The standard InChI is InChI=1S/C21H20N2O3S/c1-15(24)23-21(17-10-6-3-7-11-17)19-14-27(25,26)13-18(20(19)22-23)12-16-8-4-2-5-9-16/h2-12,19,21H,13-14H2,1H3/b18-12+. The fourth-order valence-electron chi connectivity index (χ4n) is 3.84. The van der Waals surface area contributed by atoms with Crippen molar-refractivity contribution in [1.29, 1.82) is 0 Å². The van der Waals surface area contributed by atoms with Gasteiger partial charge < -0.3 is 0 Å². The van der Waals surface area contributed by atoms with Crippen LogP contribution in [0, 0.1) is 5.92 Å². The molecule has 27 heavy (non-hydrogen) atoms. The molecule has 0 N–H and O–H groups in total. The summed E-state index contributed by atoms with van der Waals surface area (Å²) in [7, 11) is -3.28. The number of hydrogen-bond acceptors (Lipinski definition) is 4. The number of hydrazone groups is 1. The molecule has 6 heteroatoms. The number of amides is 1. The highest BCUT2D eigenvalue weighted by Crippen LogP contribution is 2.41. The number of hydrogen-bond donors (Lipinski definition) is 0. The van der Waals surface area contributed by atoms with E-state index in [9.17, 15) is 13.2 Å². The first-order valence-corrected chi connectivity index (χ1v) is 10.7. The lowest BCUT2D eigenvalue weighted by Crippen LogP contribution is -2.38. The molecule has 0 bridgehead atoms. The van der Waals surface area contributed by atoms with Crippen LogP contribution in [-0.4, -0.2) is 36.6 Å². The topological polar surface area (TPSA) is 66.8 Å². The summed E-state index contributed by atoms with van der Waals surface area (Å²) in [5, 5.41) is 6.02. The Morgan fingerprint density at radius 1 is 1.07 bits per heavy atom. The van der Waals surface area contributed by atoms with Gasteiger partial charge in [0.2, 0.25) is 5.91 Å². The zero-order valence-electron chi connectivity index (χ0n) is 14.9. The summed E-state index contributed by atoms with van der Waals surface area (Å²) in [6, 6.07) is 18.7. The van der Waals surface area contributed by atoms with Gasteiger partial charge in [0.1, 0.15) is 0 Å². The van der Waals surface area contributed by atoms with E-state index in [-0.39, 0.29) is 23.3 Å². The second kappa shape index (κ2) is 6.78. The molecule has 0 radical (unpaired) electrons. The Morgan fingerprint density at radius 2 is 1.70 bits per heavy atom. The smallest absolute Gasteiger partial charge is 0.240 e. The first-order valence-electron chi connectivity index (χ1n) is 8.84. The molecule has 4 rings (SSSR count). The van der Waals surface area contributed by atoms with Crippen LogP contribution in [0.1, 0.15) is 24.1 Å². The van der Waals surface area contributed by atoms with Gasteiger partial charge in [-0.05, 0) is 22.8 Å². The van der Waals surface area contributed by atoms with E-state index in [0.717, 1.165) is 11.1 Å². The SMILES string of the molecule is CC(=O)N1N=C2/C(=C/c3ccccc3)CS(=O)(=O)CC2C1c1ccccc1. The van der Waals surface area contributed by atoms with Crippen molar-refractivity contribution in [3.8, 4) is 0 Å². The van der Waals surface area contributed by atoms with Gasteiger partial charge in [0, 0.05) is 12.8 Å². The number of rotatable bonds is 2. The van der Waals surface area contributed by atoms with Gasteiger partial charge in [0.05, 0.1) is 23.3 Å². The lowest BCUT2D eigenvalue weighted by molar-refractivity contribution is -0.131. The minimum absolute atomic E-state index is 0.00129. The lowest BCUT2D eigenvalue weighted by Gasteiger charge is -2.29. The summed E-state index contributed by atoms with van der Waals surface area (Å²) in [4.78, 5) is 12.2. The van der Waals surface area contributed by atoms with Crippen LogP contribution < -0.4 is 0 Å². The fraction of sp³-hybridized carbons (Fsp3) is 0.238. The van der Waals surface area contributed by atoms with Crippen molar-refractivity contribution < 1.29 is 13.2 Å². The Balaban J connectivity index is 1.83. The first kappa shape index (κ1) is 17.7. The van der Waals surface area contributed by atoms with E-state index in [1.54, 1.807) is 0 Å². The van der Waals surface area contributed by atoms with E-state index in [1.807, 2.05) is 66.7 Å². The molecule has 2 atom stereocenters. The summed E-state index contributed by atoms with van der Waals surface area (Å²) in [6.45, 7) is 1.46. The van der Waals surface area contributed by atoms with Crippen molar-refractivity contribution in [2.75, 3.05) is 11.5 Å². The zero-order valence-corrected chi connectivity index (χ0v) is 15.8. The van der Waals surface area contributed by atoms with Gasteiger partial charge in [-0.1, -0.05) is 60.7 Å². The maximum Gasteiger partial charge on any atom is 0.240 e. The van der Waals surface area contributed by atoms with Crippen molar-refractivity contribution in [1.82, 2.24) is 5.01 Å². The molecule has 2 heterocycles. The average molecular weight is 380 g/mol. The van der Waals surface area contributed by atoms with Gasteiger partial charge in [0.25, 0.3) is 0 Å². The summed E-state index contributed by atoms with van der Waals surface area (Å²) < 4.78 is 25.3. The number of carbonyl (C=O) groups is 1. The van der Waals surface area contributed by atoms with E-state index < -0.39 is 15.9 Å². The molecule has 0 saturated carbocycles. The number of fused-ring (bicyclic) bond motifs is 1. The molecule has 2 aromatic carbocycles. The van der Waals surface area contributed by atoms with Crippen molar-refractivity contribution in [2.24, 2.45) is 11.0 Å². The molecule has 2 aromatic rings. The molecule has 0 spiro atoms. The summed E-state index contributed by atoms with van der Waals surface area (Å²) in [6.07, 6.45) is 1.87. The predicted molar refractivity (Wildman–Crippen MR) is 106 cm³/mol. The number of sulfone groups is 1. The molecular weight excluding hydrogens is 360 g/mol. The van der Waals surface area contributed by atoms with E-state index in [1.165, 1.54) is 11.9 Å². The quantitative estimate of drug-likeness (QED) is 0.804. The molecule has 5 nitrogen and oxygen atoms in total. The molecule has 1 fully saturated rings. The van der Waals surface area contributed by atoms with Crippen LogP contribution >= 0.6 is 0 Å². The van der Waals surface area contributed by atoms with Crippen LogP contribution in [0.3, 0.4) is 0 Å². The van der Waals surface area contributed by atoms with Gasteiger partial charge >= 0.3 is 0 Å². The van der Waals surface area contributed by atoms with Gasteiger partial charge in [-0.3, -0.25) is 4.79 Å². The predicted octanol–water partition coefficient (Wildman–Crippen LogP) is 3.07. The van der Waals surface area contributed by atoms with Crippen molar-refractivity contribution in [3.05, 3.63) is 77.4 Å². The Kier molecular flexibility index (Phi) is 4.44.